The lowest BCUT2D eigenvalue weighted by atomic mass is 10.1. The summed E-state index contributed by atoms with van der Waals surface area (Å²) in [5.41, 5.74) is 1.01. The van der Waals surface area contributed by atoms with Crippen molar-refractivity contribution < 1.29 is 14.6 Å². The quantitative estimate of drug-likeness (QED) is 0.857. The van der Waals surface area contributed by atoms with E-state index in [1.54, 1.807) is 19.2 Å². The standard InChI is InChI=1S/C12H16N2O3/c1-8-3-5-13-11(10(8)12(15)16)14(2)9-4-6-17-7-9/h3,5,9H,4,6-7H2,1-2H3,(H,15,16). The molecule has 0 aromatic carbocycles. The van der Waals surface area contributed by atoms with E-state index >= 15 is 0 Å². The van der Waals surface area contributed by atoms with Crippen molar-refractivity contribution in [2.45, 2.75) is 19.4 Å². The lowest BCUT2D eigenvalue weighted by molar-refractivity contribution is 0.0696. The molecule has 1 atom stereocenters. The summed E-state index contributed by atoms with van der Waals surface area (Å²) in [4.78, 5) is 17.4. The highest BCUT2D eigenvalue weighted by atomic mass is 16.5. The highest BCUT2D eigenvalue weighted by Gasteiger charge is 2.25. The van der Waals surface area contributed by atoms with Gasteiger partial charge in [0.2, 0.25) is 0 Å². The van der Waals surface area contributed by atoms with Crippen molar-refractivity contribution in [2.24, 2.45) is 0 Å². The fourth-order valence-electron chi connectivity index (χ4n) is 2.08. The minimum atomic E-state index is -0.934. The van der Waals surface area contributed by atoms with Crippen LogP contribution < -0.4 is 4.90 Å². The molecule has 1 aliphatic rings. The van der Waals surface area contributed by atoms with E-state index in [9.17, 15) is 9.90 Å². The summed E-state index contributed by atoms with van der Waals surface area (Å²) in [6.45, 7) is 3.14. The second kappa shape index (κ2) is 4.71. The average molecular weight is 236 g/mol. The summed E-state index contributed by atoms with van der Waals surface area (Å²) in [7, 11) is 1.87. The Balaban J connectivity index is 2.36. The van der Waals surface area contributed by atoms with Gasteiger partial charge in [0.1, 0.15) is 11.4 Å². The Morgan fingerprint density at radius 1 is 1.65 bits per heavy atom. The van der Waals surface area contributed by atoms with E-state index in [0.29, 0.717) is 12.4 Å². The van der Waals surface area contributed by atoms with Gasteiger partial charge in [-0.15, -0.1) is 0 Å². The molecule has 0 amide bonds. The Kier molecular flexibility index (Phi) is 3.28. The molecule has 1 N–H and O–H groups in total. The summed E-state index contributed by atoms with van der Waals surface area (Å²) in [5.74, 6) is -0.413. The van der Waals surface area contributed by atoms with Gasteiger partial charge in [0.25, 0.3) is 0 Å². The summed E-state index contributed by atoms with van der Waals surface area (Å²) in [6.07, 6.45) is 2.55. The number of carboxylic acids is 1. The summed E-state index contributed by atoms with van der Waals surface area (Å²) < 4.78 is 5.31. The minimum absolute atomic E-state index is 0.211. The molecule has 2 heterocycles. The van der Waals surface area contributed by atoms with Crippen LogP contribution in [0.1, 0.15) is 22.3 Å². The number of carboxylic acid groups (broad SMARTS) is 1. The van der Waals surface area contributed by atoms with Gasteiger partial charge in [-0.05, 0) is 25.0 Å². The van der Waals surface area contributed by atoms with E-state index in [-0.39, 0.29) is 11.6 Å². The number of hydrogen-bond acceptors (Lipinski definition) is 4. The molecular formula is C12H16N2O3. The zero-order valence-corrected chi connectivity index (χ0v) is 10.0. The molecule has 0 saturated carbocycles. The summed E-state index contributed by atoms with van der Waals surface area (Å²) in [5, 5.41) is 9.24. The maximum Gasteiger partial charge on any atom is 0.339 e. The molecule has 17 heavy (non-hydrogen) atoms. The number of nitrogens with zero attached hydrogens (tertiary/aromatic N) is 2. The van der Waals surface area contributed by atoms with Crippen molar-refractivity contribution in [3.05, 3.63) is 23.4 Å². The van der Waals surface area contributed by atoms with Crippen molar-refractivity contribution in [1.29, 1.82) is 0 Å². The van der Waals surface area contributed by atoms with Crippen molar-refractivity contribution in [3.63, 3.8) is 0 Å². The first-order valence-corrected chi connectivity index (χ1v) is 5.60. The van der Waals surface area contributed by atoms with Gasteiger partial charge in [0.05, 0.1) is 12.6 Å². The minimum Gasteiger partial charge on any atom is -0.478 e. The highest BCUT2D eigenvalue weighted by Crippen LogP contribution is 2.24. The third-order valence-corrected chi connectivity index (χ3v) is 3.14. The number of ether oxygens (including phenoxy) is 1. The summed E-state index contributed by atoms with van der Waals surface area (Å²) >= 11 is 0. The Morgan fingerprint density at radius 2 is 2.41 bits per heavy atom. The number of aromatic carboxylic acids is 1. The topological polar surface area (TPSA) is 62.7 Å². The van der Waals surface area contributed by atoms with Gasteiger partial charge >= 0.3 is 5.97 Å². The first-order chi connectivity index (χ1) is 8.11. The molecule has 0 radical (unpaired) electrons. The SMILES string of the molecule is Cc1ccnc(N(C)C2CCOC2)c1C(=O)O. The normalized spacial score (nSPS) is 19.3. The number of rotatable bonds is 3. The average Bonchev–Trinajstić information content (AvgIpc) is 2.80. The largest absolute Gasteiger partial charge is 0.478 e. The second-order valence-corrected chi connectivity index (χ2v) is 4.26. The molecule has 1 aromatic heterocycles. The highest BCUT2D eigenvalue weighted by molar-refractivity contribution is 5.94. The van der Waals surface area contributed by atoms with Gasteiger partial charge < -0.3 is 14.7 Å². The van der Waals surface area contributed by atoms with E-state index in [1.165, 1.54) is 0 Å². The van der Waals surface area contributed by atoms with Gasteiger partial charge in [-0.1, -0.05) is 0 Å². The molecule has 92 valence electrons. The van der Waals surface area contributed by atoms with Crippen molar-refractivity contribution in [3.8, 4) is 0 Å². The van der Waals surface area contributed by atoms with Crippen LogP contribution in [-0.2, 0) is 4.74 Å². The Hall–Kier alpha value is -1.62. The first kappa shape index (κ1) is 11.9. The molecule has 0 spiro atoms. The molecule has 1 unspecified atom stereocenters. The van der Waals surface area contributed by atoms with Crippen LogP contribution in [0.3, 0.4) is 0 Å². The Morgan fingerprint density at radius 3 is 3.00 bits per heavy atom. The predicted octanol–water partition coefficient (Wildman–Crippen LogP) is 1.31. The number of likely N-dealkylation sites (N-methyl/N-ethyl adjacent to an activating group) is 1. The van der Waals surface area contributed by atoms with E-state index in [2.05, 4.69) is 4.98 Å². The smallest absolute Gasteiger partial charge is 0.339 e. The lowest BCUT2D eigenvalue weighted by Crippen LogP contribution is -2.34. The zero-order chi connectivity index (χ0) is 12.4. The van der Waals surface area contributed by atoms with Crippen LogP contribution in [0, 0.1) is 6.92 Å². The third-order valence-electron chi connectivity index (χ3n) is 3.14. The first-order valence-electron chi connectivity index (χ1n) is 5.60. The molecular weight excluding hydrogens is 220 g/mol. The van der Waals surface area contributed by atoms with E-state index < -0.39 is 5.97 Å². The van der Waals surface area contributed by atoms with Gasteiger partial charge in [0, 0.05) is 19.9 Å². The fourth-order valence-corrected chi connectivity index (χ4v) is 2.08. The van der Waals surface area contributed by atoms with Crippen LogP contribution in [0.25, 0.3) is 0 Å². The zero-order valence-electron chi connectivity index (χ0n) is 10.0. The number of anilines is 1. The van der Waals surface area contributed by atoms with Crippen LogP contribution in [-0.4, -0.2) is 42.4 Å². The third kappa shape index (κ3) is 2.24. The van der Waals surface area contributed by atoms with E-state index in [1.807, 2.05) is 11.9 Å². The van der Waals surface area contributed by atoms with Crippen molar-refractivity contribution >= 4 is 11.8 Å². The molecule has 0 bridgehead atoms. The molecule has 1 saturated heterocycles. The molecule has 0 aliphatic carbocycles. The lowest BCUT2D eigenvalue weighted by Gasteiger charge is -2.26. The van der Waals surface area contributed by atoms with Gasteiger partial charge in [-0.3, -0.25) is 0 Å². The number of aromatic nitrogens is 1. The molecule has 1 aliphatic heterocycles. The predicted molar refractivity (Wildman–Crippen MR) is 63.6 cm³/mol. The molecule has 1 aromatic rings. The maximum atomic E-state index is 11.3. The Labute approximate surface area is 100 Å². The number of carbonyl (C=O) groups is 1. The monoisotopic (exact) mass is 236 g/mol. The number of aryl methyl sites for hydroxylation is 1. The molecule has 1 fully saturated rings. The van der Waals surface area contributed by atoms with Gasteiger partial charge in [-0.25, -0.2) is 9.78 Å². The molecule has 5 heteroatoms. The van der Waals surface area contributed by atoms with Crippen LogP contribution in [0.4, 0.5) is 5.82 Å². The van der Waals surface area contributed by atoms with Crippen LogP contribution >= 0.6 is 0 Å². The van der Waals surface area contributed by atoms with E-state index in [0.717, 1.165) is 18.6 Å². The second-order valence-electron chi connectivity index (χ2n) is 4.26. The maximum absolute atomic E-state index is 11.3. The molecule has 5 nitrogen and oxygen atoms in total. The Bertz CT molecular complexity index is 428. The van der Waals surface area contributed by atoms with E-state index in [4.69, 9.17) is 4.74 Å². The van der Waals surface area contributed by atoms with Crippen LogP contribution in [0.2, 0.25) is 0 Å². The van der Waals surface area contributed by atoms with Crippen molar-refractivity contribution in [2.75, 3.05) is 25.2 Å². The van der Waals surface area contributed by atoms with Gasteiger partial charge in [-0.2, -0.15) is 0 Å². The fraction of sp³-hybridized carbons (Fsp3) is 0.500. The molecule has 2 rings (SSSR count). The van der Waals surface area contributed by atoms with Gasteiger partial charge in [0.15, 0.2) is 0 Å². The van der Waals surface area contributed by atoms with Crippen LogP contribution in [0.5, 0.6) is 0 Å². The number of pyridine rings is 1. The number of hydrogen-bond donors (Lipinski definition) is 1. The summed E-state index contributed by atoms with van der Waals surface area (Å²) in [6, 6.07) is 1.92. The van der Waals surface area contributed by atoms with Crippen LogP contribution in [0.15, 0.2) is 12.3 Å². The van der Waals surface area contributed by atoms with Crippen molar-refractivity contribution in [1.82, 2.24) is 4.98 Å².